The second-order valence-corrected chi connectivity index (χ2v) is 6.17. The summed E-state index contributed by atoms with van der Waals surface area (Å²) in [7, 11) is 3.47. The Kier molecular flexibility index (Phi) is 7.56. The number of benzene rings is 2. The van der Waals surface area contributed by atoms with Crippen LogP contribution in [0, 0.1) is 0 Å². The van der Waals surface area contributed by atoms with E-state index in [2.05, 4.69) is 46.8 Å². The fraction of sp³-hybridized carbons (Fsp3) is 0.350. The van der Waals surface area contributed by atoms with Gasteiger partial charge in [0, 0.05) is 37.7 Å². The Balaban J connectivity index is 0.00000243. The van der Waals surface area contributed by atoms with E-state index in [0.29, 0.717) is 6.54 Å². The first-order chi connectivity index (χ1) is 12.2. The van der Waals surface area contributed by atoms with Gasteiger partial charge in [0.05, 0.1) is 7.11 Å². The second kappa shape index (κ2) is 9.66. The molecular formula is C20H26IN3O2. The highest BCUT2D eigenvalue weighted by Gasteiger charge is 2.21. The number of nitrogens with one attached hydrogen (secondary N) is 2. The third-order valence-electron chi connectivity index (χ3n) is 4.27. The first-order valence-corrected chi connectivity index (χ1v) is 8.54. The normalized spacial score (nSPS) is 15.5. The molecular weight excluding hydrogens is 441 g/mol. The summed E-state index contributed by atoms with van der Waals surface area (Å²) >= 11 is 0. The molecule has 140 valence electrons. The number of ether oxygens (including phenoxy) is 2. The van der Waals surface area contributed by atoms with Gasteiger partial charge in [-0.15, -0.1) is 24.0 Å². The van der Waals surface area contributed by atoms with E-state index in [-0.39, 0.29) is 30.1 Å². The molecule has 0 aromatic heterocycles. The van der Waals surface area contributed by atoms with Crippen molar-refractivity contribution in [2.24, 2.45) is 4.99 Å². The van der Waals surface area contributed by atoms with Crippen LogP contribution in [-0.4, -0.2) is 26.2 Å². The van der Waals surface area contributed by atoms with Crippen LogP contribution < -0.4 is 20.1 Å². The zero-order valence-corrected chi connectivity index (χ0v) is 17.7. The molecule has 0 spiro atoms. The molecule has 26 heavy (non-hydrogen) atoms. The van der Waals surface area contributed by atoms with Gasteiger partial charge in [-0.3, -0.25) is 4.99 Å². The molecule has 0 radical (unpaired) electrons. The minimum absolute atomic E-state index is 0. The second-order valence-electron chi connectivity index (χ2n) is 6.17. The van der Waals surface area contributed by atoms with Gasteiger partial charge in [0.2, 0.25) is 0 Å². The summed E-state index contributed by atoms with van der Waals surface area (Å²) < 4.78 is 11.4. The monoisotopic (exact) mass is 467 g/mol. The lowest BCUT2D eigenvalue weighted by Gasteiger charge is -2.15. The predicted octanol–water partition coefficient (Wildman–Crippen LogP) is 3.50. The lowest BCUT2D eigenvalue weighted by molar-refractivity contribution is 0.254. The van der Waals surface area contributed by atoms with Crippen molar-refractivity contribution in [1.82, 2.24) is 10.6 Å². The van der Waals surface area contributed by atoms with Gasteiger partial charge in [0.1, 0.15) is 17.6 Å². The first kappa shape index (κ1) is 20.4. The van der Waals surface area contributed by atoms with Crippen molar-refractivity contribution >= 4 is 29.9 Å². The molecule has 1 atom stereocenters. The molecule has 6 heteroatoms. The smallest absolute Gasteiger partial charge is 0.191 e. The summed E-state index contributed by atoms with van der Waals surface area (Å²) in [5.41, 5.74) is 3.47. The van der Waals surface area contributed by atoms with E-state index >= 15 is 0 Å². The molecule has 1 unspecified atom stereocenters. The number of halogens is 1. The molecule has 0 aliphatic carbocycles. The Morgan fingerprint density at radius 1 is 1.19 bits per heavy atom. The number of fused-ring (bicyclic) bond motifs is 1. The quantitative estimate of drug-likeness (QED) is 0.402. The zero-order valence-electron chi connectivity index (χ0n) is 15.4. The van der Waals surface area contributed by atoms with Gasteiger partial charge >= 0.3 is 0 Å². The highest BCUT2D eigenvalue weighted by molar-refractivity contribution is 14.0. The number of hydrogen-bond donors (Lipinski definition) is 2. The number of hydrogen-bond acceptors (Lipinski definition) is 3. The van der Waals surface area contributed by atoms with E-state index in [1.54, 1.807) is 14.2 Å². The molecule has 0 fully saturated rings. The molecule has 0 saturated heterocycles. The zero-order chi connectivity index (χ0) is 17.6. The summed E-state index contributed by atoms with van der Waals surface area (Å²) in [4.78, 5) is 4.28. The summed E-state index contributed by atoms with van der Waals surface area (Å²) in [5, 5.41) is 6.66. The van der Waals surface area contributed by atoms with E-state index in [1.807, 2.05) is 18.2 Å². The molecule has 2 aromatic carbocycles. The molecule has 5 nitrogen and oxygen atoms in total. The van der Waals surface area contributed by atoms with Crippen LogP contribution in [-0.2, 0) is 19.5 Å². The number of guanidine groups is 1. The van der Waals surface area contributed by atoms with Gasteiger partial charge in [0.15, 0.2) is 5.96 Å². The number of aliphatic imine (C=N–C) groups is 1. The van der Waals surface area contributed by atoms with Crippen LogP contribution in [0.15, 0.2) is 47.5 Å². The minimum atomic E-state index is 0. The Morgan fingerprint density at radius 2 is 1.92 bits per heavy atom. The molecule has 2 aromatic rings. The lowest BCUT2D eigenvalue weighted by Crippen LogP contribution is -2.36. The topological polar surface area (TPSA) is 54.9 Å². The molecule has 2 N–H and O–H groups in total. The first-order valence-electron chi connectivity index (χ1n) is 8.54. The van der Waals surface area contributed by atoms with Gasteiger partial charge in [0.25, 0.3) is 0 Å². The number of rotatable bonds is 5. The van der Waals surface area contributed by atoms with Crippen LogP contribution in [0.4, 0.5) is 0 Å². The number of nitrogens with zero attached hydrogens (tertiary/aromatic N) is 1. The Bertz CT molecular complexity index is 750. The van der Waals surface area contributed by atoms with E-state index in [9.17, 15) is 0 Å². The fourth-order valence-corrected chi connectivity index (χ4v) is 2.99. The van der Waals surface area contributed by atoms with Crippen molar-refractivity contribution < 1.29 is 9.47 Å². The molecule has 0 bridgehead atoms. The summed E-state index contributed by atoms with van der Waals surface area (Å²) in [6, 6.07) is 14.4. The Morgan fingerprint density at radius 3 is 2.62 bits per heavy atom. The van der Waals surface area contributed by atoms with E-state index in [4.69, 9.17) is 9.47 Å². The highest BCUT2D eigenvalue weighted by atomic mass is 127. The summed E-state index contributed by atoms with van der Waals surface area (Å²) in [6.45, 7) is 3.42. The Hall–Kier alpha value is -1.96. The highest BCUT2D eigenvalue weighted by Crippen LogP contribution is 2.34. The molecule has 3 rings (SSSR count). The van der Waals surface area contributed by atoms with Crippen LogP contribution in [0.3, 0.4) is 0 Å². The van der Waals surface area contributed by atoms with Crippen molar-refractivity contribution in [3.8, 4) is 11.5 Å². The van der Waals surface area contributed by atoms with Gasteiger partial charge < -0.3 is 20.1 Å². The molecule has 1 heterocycles. The van der Waals surface area contributed by atoms with Crippen molar-refractivity contribution in [2.45, 2.75) is 32.5 Å². The van der Waals surface area contributed by atoms with Crippen molar-refractivity contribution in [3.05, 3.63) is 59.2 Å². The predicted molar refractivity (Wildman–Crippen MR) is 116 cm³/mol. The summed E-state index contributed by atoms with van der Waals surface area (Å²) in [5.74, 6) is 2.58. The Labute approximate surface area is 172 Å². The van der Waals surface area contributed by atoms with Crippen molar-refractivity contribution in [1.29, 1.82) is 0 Å². The van der Waals surface area contributed by atoms with Crippen molar-refractivity contribution in [3.63, 3.8) is 0 Å². The van der Waals surface area contributed by atoms with Gasteiger partial charge in [-0.1, -0.05) is 30.3 Å². The van der Waals surface area contributed by atoms with E-state index in [0.717, 1.165) is 36.0 Å². The van der Waals surface area contributed by atoms with Gasteiger partial charge in [-0.25, -0.2) is 0 Å². The molecule has 1 aliphatic heterocycles. The lowest BCUT2D eigenvalue weighted by atomic mass is 10.1. The maximum absolute atomic E-state index is 5.86. The van der Waals surface area contributed by atoms with Crippen molar-refractivity contribution in [2.75, 3.05) is 14.2 Å². The largest absolute Gasteiger partial charge is 0.496 e. The van der Waals surface area contributed by atoms with E-state index < -0.39 is 0 Å². The third-order valence-corrected chi connectivity index (χ3v) is 4.27. The minimum Gasteiger partial charge on any atom is -0.496 e. The average Bonchev–Trinajstić information content (AvgIpc) is 3.00. The maximum atomic E-state index is 5.86. The standard InChI is InChI=1S/C20H25N3O2.HI/c1-14-9-16-10-18(24-3)17(11-19(16)25-14)13-23-20(21-2)22-12-15-7-5-4-6-8-15;/h4-8,10-11,14H,9,12-13H2,1-3H3,(H2,21,22,23);1H. The molecule has 0 saturated carbocycles. The van der Waals surface area contributed by atoms with Crippen LogP contribution >= 0.6 is 24.0 Å². The van der Waals surface area contributed by atoms with Gasteiger partial charge in [-0.05, 0) is 24.6 Å². The van der Waals surface area contributed by atoms with Crippen LogP contribution in [0.2, 0.25) is 0 Å². The molecule has 1 aliphatic rings. The SMILES string of the molecule is CN=C(NCc1ccccc1)NCc1cc2c(cc1OC)CC(C)O2.I. The molecule has 0 amide bonds. The summed E-state index contributed by atoms with van der Waals surface area (Å²) in [6.07, 6.45) is 1.16. The van der Waals surface area contributed by atoms with E-state index in [1.165, 1.54) is 11.1 Å². The maximum Gasteiger partial charge on any atom is 0.191 e. The fourth-order valence-electron chi connectivity index (χ4n) is 2.99. The van der Waals surface area contributed by atoms with Crippen LogP contribution in [0.1, 0.15) is 23.6 Å². The van der Waals surface area contributed by atoms with Crippen LogP contribution in [0.5, 0.6) is 11.5 Å². The number of methoxy groups -OCH3 is 1. The average molecular weight is 467 g/mol. The van der Waals surface area contributed by atoms with Crippen LogP contribution in [0.25, 0.3) is 0 Å². The van der Waals surface area contributed by atoms with Gasteiger partial charge in [-0.2, -0.15) is 0 Å². The third kappa shape index (κ3) is 5.03.